The molecule has 100 valence electrons. The molecule has 0 bridgehead atoms. The summed E-state index contributed by atoms with van der Waals surface area (Å²) in [5.41, 5.74) is 2.93. The zero-order valence-corrected chi connectivity index (χ0v) is 11.6. The fraction of sp³-hybridized carbons (Fsp3) is 0.438. The van der Waals surface area contributed by atoms with Crippen LogP contribution in [-0.2, 0) is 6.42 Å². The summed E-state index contributed by atoms with van der Waals surface area (Å²) >= 11 is 0. The highest BCUT2D eigenvalue weighted by atomic mass is 15.2. The first-order chi connectivity index (χ1) is 9.25. The van der Waals surface area contributed by atoms with Crippen molar-refractivity contribution in [1.82, 2.24) is 9.55 Å². The van der Waals surface area contributed by atoms with Crippen LogP contribution in [-0.4, -0.2) is 16.1 Å². The first-order valence-corrected chi connectivity index (χ1v) is 7.10. The van der Waals surface area contributed by atoms with Gasteiger partial charge in [-0.3, -0.25) is 0 Å². The summed E-state index contributed by atoms with van der Waals surface area (Å²) in [5.74, 6) is 1.62. The number of benzene rings is 1. The minimum absolute atomic E-state index is 0.438. The van der Waals surface area contributed by atoms with Gasteiger partial charge in [-0.25, -0.2) is 4.98 Å². The van der Waals surface area contributed by atoms with E-state index in [0.29, 0.717) is 12.0 Å². The zero-order chi connectivity index (χ0) is 13.2. The Kier molecular flexibility index (Phi) is 3.28. The number of hydrogen-bond donors (Lipinski definition) is 1. The average Bonchev–Trinajstić information content (AvgIpc) is 3.02. The average molecular weight is 255 g/mol. The van der Waals surface area contributed by atoms with Gasteiger partial charge in [0, 0.05) is 18.9 Å². The number of nitrogens with one attached hydrogen (secondary N) is 1. The summed E-state index contributed by atoms with van der Waals surface area (Å²) in [6.07, 6.45) is 6.33. The molecule has 1 aliphatic rings. The fourth-order valence-electron chi connectivity index (χ4n) is 2.82. The molecule has 0 radical (unpaired) electrons. The third-order valence-corrected chi connectivity index (χ3v) is 3.77. The first-order valence-electron chi connectivity index (χ1n) is 7.10. The van der Waals surface area contributed by atoms with Gasteiger partial charge in [0.2, 0.25) is 5.95 Å². The van der Waals surface area contributed by atoms with Gasteiger partial charge in [0.1, 0.15) is 0 Å². The Labute approximate surface area is 114 Å². The Bertz CT molecular complexity index is 557. The third-order valence-electron chi connectivity index (χ3n) is 3.77. The Morgan fingerprint density at radius 1 is 1.37 bits per heavy atom. The van der Waals surface area contributed by atoms with Crippen LogP contribution in [0.2, 0.25) is 0 Å². The monoisotopic (exact) mass is 255 g/mol. The SMILES string of the molecule is CC(C)CNc1nccn1C1CCc2ccccc21. The van der Waals surface area contributed by atoms with E-state index in [2.05, 4.69) is 59.2 Å². The molecule has 19 heavy (non-hydrogen) atoms. The van der Waals surface area contributed by atoms with Crippen molar-refractivity contribution in [3.63, 3.8) is 0 Å². The lowest BCUT2D eigenvalue weighted by Crippen LogP contribution is -2.15. The van der Waals surface area contributed by atoms with Crippen molar-refractivity contribution < 1.29 is 0 Å². The maximum absolute atomic E-state index is 4.46. The largest absolute Gasteiger partial charge is 0.355 e. The number of rotatable bonds is 4. The summed E-state index contributed by atoms with van der Waals surface area (Å²) in [6, 6.07) is 9.20. The Hall–Kier alpha value is -1.77. The summed E-state index contributed by atoms with van der Waals surface area (Å²) in [5, 5.41) is 3.45. The molecule has 1 atom stereocenters. The maximum atomic E-state index is 4.46. The summed E-state index contributed by atoms with van der Waals surface area (Å²) in [6.45, 7) is 5.39. The van der Waals surface area contributed by atoms with Crippen LogP contribution in [0, 0.1) is 5.92 Å². The standard InChI is InChI=1S/C16H21N3/c1-12(2)11-18-16-17-9-10-19(16)15-8-7-13-5-3-4-6-14(13)15/h3-6,9-10,12,15H,7-8,11H2,1-2H3,(H,17,18). The summed E-state index contributed by atoms with van der Waals surface area (Å²) in [7, 11) is 0. The molecule has 1 heterocycles. The van der Waals surface area contributed by atoms with E-state index >= 15 is 0 Å². The molecule has 0 spiro atoms. The van der Waals surface area contributed by atoms with E-state index in [9.17, 15) is 0 Å². The number of anilines is 1. The Balaban J connectivity index is 1.86. The predicted octanol–water partition coefficient (Wildman–Crippen LogP) is 3.49. The number of nitrogens with zero attached hydrogens (tertiary/aromatic N) is 2. The van der Waals surface area contributed by atoms with E-state index in [1.54, 1.807) is 0 Å². The van der Waals surface area contributed by atoms with Gasteiger partial charge in [0.25, 0.3) is 0 Å². The molecule has 1 aromatic heterocycles. The normalized spacial score (nSPS) is 17.7. The second-order valence-electron chi connectivity index (χ2n) is 5.69. The van der Waals surface area contributed by atoms with Crippen molar-refractivity contribution >= 4 is 5.95 Å². The van der Waals surface area contributed by atoms with Crippen molar-refractivity contribution in [3.8, 4) is 0 Å². The highest BCUT2D eigenvalue weighted by molar-refractivity contribution is 5.38. The van der Waals surface area contributed by atoms with Crippen molar-refractivity contribution in [2.75, 3.05) is 11.9 Å². The van der Waals surface area contributed by atoms with Crippen molar-refractivity contribution in [3.05, 3.63) is 47.8 Å². The lowest BCUT2D eigenvalue weighted by Gasteiger charge is -2.18. The van der Waals surface area contributed by atoms with E-state index in [4.69, 9.17) is 0 Å². The quantitative estimate of drug-likeness (QED) is 0.906. The molecule has 3 rings (SSSR count). The minimum Gasteiger partial charge on any atom is -0.355 e. The van der Waals surface area contributed by atoms with Gasteiger partial charge in [-0.1, -0.05) is 38.1 Å². The molecule has 2 aromatic rings. The Morgan fingerprint density at radius 2 is 2.21 bits per heavy atom. The van der Waals surface area contributed by atoms with Crippen LogP contribution < -0.4 is 5.32 Å². The molecule has 3 heteroatoms. The van der Waals surface area contributed by atoms with Gasteiger partial charge in [-0.2, -0.15) is 0 Å². The molecule has 0 saturated heterocycles. The van der Waals surface area contributed by atoms with Crippen LogP contribution in [0.5, 0.6) is 0 Å². The van der Waals surface area contributed by atoms with Gasteiger partial charge in [0.05, 0.1) is 6.04 Å². The van der Waals surface area contributed by atoms with Crippen molar-refractivity contribution in [2.24, 2.45) is 5.92 Å². The van der Waals surface area contributed by atoms with Gasteiger partial charge in [-0.05, 0) is 29.9 Å². The summed E-state index contributed by atoms with van der Waals surface area (Å²) < 4.78 is 2.29. The molecule has 0 aliphatic heterocycles. The van der Waals surface area contributed by atoms with E-state index in [-0.39, 0.29) is 0 Å². The van der Waals surface area contributed by atoms with Crippen LogP contribution in [0.4, 0.5) is 5.95 Å². The van der Waals surface area contributed by atoms with Crippen molar-refractivity contribution in [2.45, 2.75) is 32.7 Å². The van der Waals surface area contributed by atoms with E-state index in [0.717, 1.165) is 12.5 Å². The number of hydrogen-bond acceptors (Lipinski definition) is 2. The lowest BCUT2D eigenvalue weighted by atomic mass is 10.1. The van der Waals surface area contributed by atoms with Gasteiger partial charge in [0.15, 0.2) is 0 Å². The molecular formula is C16H21N3. The van der Waals surface area contributed by atoms with Crippen molar-refractivity contribution in [1.29, 1.82) is 0 Å². The number of imidazole rings is 1. The topological polar surface area (TPSA) is 29.9 Å². The first kappa shape index (κ1) is 12.3. The second-order valence-corrected chi connectivity index (χ2v) is 5.69. The number of fused-ring (bicyclic) bond motifs is 1. The van der Waals surface area contributed by atoms with Gasteiger partial charge in [-0.15, -0.1) is 0 Å². The molecule has 1 unspecified atom stereocenters. The summed E-state index contributed by atoms with van der Waals surface area (Å²) in [4.78, 5) is 4.46. The molecular weight excluding hydrogens is 234 g/mol. The highest BCUT2D eigenvalue weighted by Crippen LogP contribution is 2.35. The zero-order valence-electron chi connectivity index (χ0n) is 11.6. The van der Waals surface area contributed by atoms with Crippen LogP contribution in [0.25, 0.3) is 0 Å². The van der Waals surface area contributed by atoms with Gasteiger partial charge < -0.3 is 9.88 Å². The Morgan fingerprint density at radius 3 is 3.05 bits per heavy atom. The van der Waals surface area contributed by atoms with E-state index < -0.39 is 0 Å². The molecule has 0 fully saturated rings. The number of aromatic nitrogens is 2. The van der Waals surface area contributed by atoms with Crippen LogP contribution >= 0.6 is 0 Å². The van der Waals surface area contributed by atoms with Crippen LogP contribution in [0.1, 0.15) is 37.4 Å². The molecule has 1 aliphatic carbocycles. The molecule has 0 amide bonds. The lowest BCUT2D eigenvalue weighted by molar-refractivity contribution is 0.579. The third kappa shape index (κ3) is 2.37. The molecule has 1 aromatic carbocycles. The number of aryl methyl sites for hydroxylation is 1. The van der Waals surface area contributed by atoms with Gasteiger partial charge >= 0.3 is 0 Å². The molecule has 1 N–H and O–H groups in total. The van der Waals surface area contributed by atoms with E-state index in [1.807, 2.05) is 6.20 Å². The highest BCUT2D eigenvalue weighted by Gasteiger charge is 2.24. The minimum atomic E-state index is 0.438. The second kappa shape index (κ2) is 5.08. The molecule has 3 nitrogen and oxygen atoms in total. The van der Waals surface area contributed by atoms with Crippen LogP contribution in [0.15, 0.2) is 36.7 Å². The van der Waals surface area contributed by atoms with E-state index in [1.165, 1.54) is 24.0 Å². The maximum Gasteiger partial charge on any atom is 0.203 e. The fourth-order valence-corrected chi connectivity index (χ4v) is 2.82. The van der Waals surface area contributed by atoms with Crippen LogP contribution in [0.3, 0.4) is 0 Å². The smallest absolute Gasteiger partial charge is 0.203 e. The molecule has 0 saturated carbocycles. The predicted molar refractivity (Wildman–Crippen MR) is 78.5 cm³/mol.